The highest BCUT2D eigenvalue weighted by Crippen LogP contribution is 2.22. The maximum Gasteiger partial charge on any atom is 0.310 e. The van der Waals surface area contributed by atoms with Crippen molar-refractivity contribution in [2.24, 2.45) is 0 Å². The minimum absolute atomic E-state index is 0.0143. The molecule has 2 unspecified atom stereocenters. The Morgan fingerprint density at radius 3 is 2.77 bits per heavy atom. The zero-order valence-corrected chi connectivity index (χ0v) is 21.5. The van der Waals surface area contributed by atoms with Gasteiger partial charge in [-0.2, -0.15) is 0 Å². The van der Waals surface area contributed by atoms with Gasteiger partial charge in [0, 0.05) is 23.7 Å². The summed E-state index contributed by atoms with van der Waals surface area (Å²) in [5, 5.41) is 6.42. The van der Waals surface area contributed by atoms with Crippen LogP contribution in [0.5, 0.6) is 0 Å². The van der Waals surface area contributed by atoms with Gasteiger partial charge in [-0.3, -0.25) is 24.2 Å². The first-order valence-corrected chi connectivity index (χ1v) is 13.0. The molecule has 2 saturated heterocycles. The Balaban J connectivity index is 1.18. The van der Waals surface area contributed by atoms with Crippen molar-refractivity contribution in [2.75, 3.05) is 6.54 Å². The van der Waals surface area contributed by atoms with Crippen molar-refractivity contribution < 1.29 is 28.7 Å². The largest absolute Gasteiger partial charge is 0.433 e. The maximum absolute atomic E-state index is 13.3. The number of fused-ring (bicyclic) bond motifs is 1. The molecule has 2 aromatic carbocycles. The van der Waals surface area contributed by atoms with Gasteiger partial charge in [0.15, 0.2) is 0 Å². The Labute approximate surface area is 225 Å². The van der Waals surface area contributed by atoms with Crippen LogP contribution in [0.2, 0.25) is 0 Å². The number of nitrogens with zero attached hydrogens (tertiary/aromatic N) is 2. The number of esters is 1. The van der Waals surface area contributed by atoms with Crippen molar-refractivity contribution in [3.05, 3.63) is 78.0 Å². The van der Waals surface area contributed by atoms with Crippen LogP contribution in [-0.4, -0.2) is 64.5 Å². The molecule has 4 atom stereocenters. The molecule has 2 aliphatic rings. The average Bonchev–Trinajstić information content (AvgIpc) is 3.58. The van der Waals surface area contributed by atoms with Crippen LogP contribution in [0.3, 0.4) is 0 Å². The summed E-state index contributed by atoms with van der Waals surface area (Å²) in [6.07, 6.45) is 1.88. The summed E-state index contributed by atoms with van der Waals surface area (Å²) >= 11 is 0. The van der Waals surface area contributed by atoms with Crippen LogP contribution in [-0.2, 0) is 30.5 Å². The Morgan fingerprint density at radius 1 is 1.13 bits per heavy atom. The number of carbonyl (C=O) groups is 4. The van der Waals surface area contributed by atoms with Crippen LogP contribution in [0.25, 0.3) is 10.9 Å². The highest BCUT2D eigenvalue weighted by molar-refractivity contribution is 6.00. The monoisotopic (exact) mass is 530 g/mol. The fourth-order valence-corrected chi connectivity index (χ4v) is 4.95. The SMILES string of the molecule is C[C@H](NC(=O)c1ccc2ncccc2c1)C(=O)N1CCC[C@H]1C(=O)NC1CC(=O)OC1OCc1ccccc1. The number of amides is 3. The van der Waals surface area contributed by atoms with Crippen molar-refractivity contribution in [3.8, 4) is 0 Å². The van der Waals surface area contributed by atoms with Crippen LogP contribution in [0.4, 0.5) is 0 Å². The summed E-state index contributed by atoms with van der Waals surface area (Å²) in [5.74, 6) is -1.57. The van der Waals surface area contributed by atoms with Gasteiger partial charge >= 0.3 is 5.97 Å². The summed E-state index contributed by atoms with van der Waals surface area (Å²) in [7, 11) is 0. The Morgan fingerprint density at radius 2 is 1.95 bits per heavy atom. The zero-order chi connectivity index (χ0) is 27.4. The topological polar surface area (TPSA) is 127 Å². The van der Waals surface area contributed by atoms with Crippen molar-refractivity contribution in [1.29, 1.82) is 0 Å². The number of ether oxygens (including phenoxy) is 2. The molecular weight excluding hydrogens is 500 g/mol. The molecule has 0 aliphatic carbocycles. The second-order valence-electron chi connectivity index (χ2n) is 9.77. The van der Waals surface area contributed by atoms with Gasteiger partial charge < -0.3 is 25.0 Å². The van der Waals surface area contributed by atoms with E-state index in [9.17, 15) is 19.2 Å². The Hall–Kier alpha value is -4.31. The third kappa shape index (κ3) is 6.06. The van der Waals surface area contributed by atoms with E-state index < -0.39 is 30.4 Å². The Kier molecular flexibility index (Phi) is 7.83. The van der Waals surface area contributed by atoms with Gasteiger partial charge in [-0.15, -0.1) is 0 Å². The quantitative estimate of drug-likeness (QED) is 0.428. The standard InChI is InChI=1S/C29H30N4O6/c1-18(31-26(35)21-11-12-22-20(15-21)9-5-13-30-22)28(37)33-14-6-10-24(33)27(36)32-23-16-25(34)39-29(23)38-17-19-7-3-2-4-8-19/h2-5,7-9,11-13,15,18,23-24,29H,6,10,14,16-17H2,1H3,(H,31,35)(H,32,36)/t18-,23?,24-,29?/m0/s1. The van der Waals surface area contributed by atoms with Crippen molar-refractivity contribution in [2.45, 2.75) is 57.2 Å². The molecule has 10 heteroatoms. The fourth-order valence-electron chi connectivity index (χ4n) is 4.95. The smallest absolute Gasteiger partial charge is 0.310 e. The number of carbonyl (C=O) groups excluding carboxylic acids is 4. The number of rotatable bonds is 8. The predicted molar refractivity (Wildman–Crippen MR) is 141 cm³/mol. The van der Waals surface area contributed by atoms with Gasteiger partial charge in [0.2, 0.25) is 18.1 Å². The lowest BCUT2D eigenvalue weighted by Gasteiger charge is -2.28. The van der Waals surface area contributed by atoms with E-state index in [1.807, 2.05) is 36.4 Å². The van der Waals surface area contributed by atoms with Gasteiger partial charge in [-0.05, 0) is 49.6 Å². The average molecular weight is 531 g/mol. The maximum atomic E-state index is 13.3. The summed E-state index contributed by atoms with van der Waals surface area (Å²) in [6, 6.07) is 16.0. The third-order valence-corrected chi connectivity index (χ3v) is 6.97. The minimum Gasteiger partial charge on any atom is -0.433 e. The van der Waals surface area contributed by atoms with E-state index in [0.717, 1.165) is 16.5 Å². The molecule has 202 valence electrons. The van der Waals surface area contributed by atoms with Gasteiger partial charge in [0.25, 0.3) is 5.91 Å². The molecule has 39 heavy (non-hydrogen) atoms. The van der Waals surface area contributed by atoms with Crippen molar-refractivity contribution >= 4 is 34.6 Å². The van der Waals surface area contributed by atoms with Gasteiger partial charge in [0.1, 0.15) is 18.1 Å². The van der Waals surface area contributed by atoms with Gasteiger partial charge in [0.05, 0.1) is 18.5 Å². The van der Waals surface area contributed by atoms with Crippen LogP contribution in [0, 0.1) is 0 Å². The molecule has 0 spiro atoms. The summed E-state index contributed by atoms with van der Waals surface area (Å²) in [5.41, 5.74) is 2.10. The molecule has 2 N–H and O–H groups in total. The van der Waals surface area contributed by atoms with E-state index in [0.29, 0.717) is 24.9 Å². The highest BCUT2D eigenvalue weighted by atomic mass is 16.7. The summed E-state index contributed by atoms with van der Waals surface area (Å²) in [6.45, 7) is 2.23. The fraction of sp³-hybridized carbons (Fsp3) is 0.345. The molecule has 2 fully saturated rings. The molecule has 0 saturated carbocycles. The van der Waals surface area contributed by atoms with Crippen LogP contribution in [0.1, 0.15) is 42.1 Å². The van der Waals surface area contributed by atoms with E-state index in [4.69, 9.17) is 9.47 Å². The minimum atomic E-state index is -0.914. The van der Waals surface area contributed by atoms with E-state index in [-0.39, 0.29) is 30.7 Å². The molecule has 1 aromatic heterocycles. The molecule has 2 aliphatic heterocycles. The lowest BCUT2D eigenvalue weighted by Crippen LogP contribution is -2.54. The first kappa shape index (κ1) is 26.3. The number of aromatic nitrogens is 1. The second kappa shape index (κ2) is 11.6. The van der Waals surface area contributed by atoms with E-state index in [2.05, 4.69) is 15.6 Å². The van der Waals surface area contributed by atoms with Crippen molar-refractivity contribution in [3.63, 3.8) is 0 Å². The van der Waals surface area contributed by atoms with Crippen LogP contribution < -0.4 is 10.6 Å². The summed E-state index contributed by atoms with van der Waals surface area (Å²) < 4.78 is 11.0. The second-order valence-corrected chi connectivity index (χ2v) is 9.77. The Bertz CT molecular complexity index is 1380. The van der Waals surface area contributed by atoms with E-state index >= 15 is 0 Å². The molecule has 5 rings (SSSR count). The molecule has 10 nitrogen and oxygen atoms in total. The van der Waals surface area contributed by atoms with E-state index in [1.165, 1.54) is 4.90 Å². The molecule has 0 bridgehead atoms. The number of benzene rings is 2. The number of cyclic esters (lactones) is 1. The normalized spacial score (nSPS) is 21.4. The predicted octanol–water partition coefficient (Wildman–Crippen LogP) is 2.32. The lowest BCUT2D eigenvalue weighted by molar-refractivity contribution is -0.168. The first-order chi connectivity index (χ1) is 18.9. The number of nitrogens with one attached hydrogen (secondary N) is 2. The molecule has 0 radical (unpaired) electrons. The molecular formula is C29H30N4O6. The number of likely N-dealkylation sites (tertiary alicyclic amines) is 1. The van der Waals surface area contributed by atoms with Crippen molar-refractivity contribution in [1.82, 2.24) is 20.5 Å². The number of pyridine rings is 1. The zero-order valence-electron chi connectivity index (χ0n) is 21.5. The van der Waals surface area contributed by atoms with Crippen LogP contribution in [0.15, 0.2) is 66.9 Å². The first-order valence-electron chi connectivity index (χ1n) is 13.0. The molecule has 3 aromatic rings. The van der Waals surface area contributed by atoms with E-state index in [1.54, 1.807) is 37.4 Å². The summed E-state index contributed by atoms with van der Waals surface area (Å²) in [4.78, 5) is 57.0. The molecule has 3 heterocycles. The van der Waals surface area contributed by atoms with Gasteiger partial charge in [-0.25, -0.2) is 0 Å². The lowest BCUT2D eigenvalue weighted by atomic mass is 10.1. The van der Waals surface area contributed by atoms with Crippen LogP contribution >= 0.6 is 0 Å². The number of hydrogen-bond acceptors (Lipinski definition) is 7. The van der Waals surface area contributed by atoms with Gasteiger partial charge in [-0.1, -0.05) is 36.4 Å². The third-order valence-electron chi connectivity index (χ3n) is 6.97. The highest BCUT2D eigenvalue weighted by Gasteiger charge is 2.41. The molecule has 3 amide bonds. The number of hydrogen-bond donors (Lipinski definition) is 2.